The fourth-order valence-electron chi connectivity index (χ4n) is 1.65. The second-order valence-corrected chi connectivity index (χ2v) is 3.90. The number of carbonyl (C=O) groups excluding carboxylic acids is 1. The third-order valence-electron chi connectivity index (χ3n) is 2.67. The van der Waals surface area contributed by atoms with Gasteiger partial charge in [0.1, 0.15) is 5.82 Å². The summed E-state index contributed by atoms with van der Waals surface area (Å²) >= 11 is 0. The van der Waals surface area contributed by atoms with Gasteiger partial charge >= 0.3 is 5.97 Å². The van der Waals surface area contributed by atoms with E-state index in [0.29, 0.717) is 12.4 Å². The van der Waals surface area contributed by atoms with Crippen molar-refractivity contribution in [1.82, 2.24) is 15.2 Å². The Morgan fingerprint density at radius 3 is 2.78 bits per heavy atom. The number of carbonyl (C=O) groups is 1. The summed E-state index contributed by atoms with van der Waals surface area (Å²) < 4.78 is 4.84. The maximum Gasteiger partial charge on any atom is 0.378 e. The van der Waals surface area contributed by atoms with Gasteiger partial charge in [-0.1, -0.05) is 37.3 Å². The van der Waals surface area contributed by atoms with Crippen molar-refractivity contribution in [2.45, 2.75) is 19.8 Å². The van der Waals surface area contributed by atoms with Gasteiger partial charge in [0.15, 0.2) is 0 Å². The van der Waals surface area contributed by atoms with Crippen molar-refractivity contribution in [2.24, 2.45) is 0 Å². The Morgan fingerprint density at radius 1 is 1.39 bits per heavy atom. The van der Waals surface area contributed by atoms with Gasteiger partial charge in [0.2, 0.25) is 0 Å². The Balaban J connectivity index is 2.17. The molecular formula is C13H15N3O2. The number of benzene rings is 1. The van der Waals surface area contributed by atoms with E-state index in [2.05, 4.69) is 15.2 Å². The molecule has 1 heterocycles. The molecule has 0 amide bonds. The highest BCUT2D eigenvalue weighted by Crippen LogP contribution is 2.20. The number of rotatable bonds is 4. The summed E-state index contributed by atoms with van der Waals surface area (Å²) in [5.41, 5.74) is 1.11. The lowest BCUT2D eigenvalue weighted by atomic mass is 10.0. The summed E-state index contributed by atoms with van der Waals surface area (Å²) in [5, 5.41) is 6.65. The number of esters is 1. The van der Waals surface area contributed by atoms with E-state index in [1.165, 1.54) is 0 Å². The molecule has 2 rings (SSSR count). The highest BCUT2D eigenvalue weighted by molar-refractivity contribution is 5.84. The van der Waals surface area contributed by atoms with Crippen molar-refractivity contribution < 1.29 is 9.53 Å². The summed E-state index contributed by atoms with van der Waals surface area (Å²) in [5.74, 6) is 0.293. The Morgan fingerprint density at radius 2 is 2.11 bits per heavy atom. The predicted octanol–water partition coefficient (Wildman–Crippen LogP) is 2.13. The normalized spacial score (nSPS) is 12.1. The molecular weight excluding hydrogens is 230 g/mol. The van der Waals surface area contributed by atoms with Gasteiger partial charge in [-0.2, -0.15) is 0 Å². The van der Waals surface area contributed by atoms with Gasteiger partial charge in [-0.05, 0) is 12.5 Å². The van der Waals surface area contributed by atoms with Gasteiger partial charge in [0.25, 0.3) is 5.82 Å². The summed E-state index contributed by atoms with van der Waals surface area (Å²) in [6.45, 7) is 4.07. The van der Waals surface area contributed by atoms with Crippen LogP contribution in [-0.2, 0) is 4.74 Å². The second-order valence-electron chi connectivity index (χ2n) is 3.90. The number of hydrogen-bond acceptors (Lipinski definition) is 4. The van der Waals surface area contributed by atoms with Gasteiger partial charge in [-0.3, -0.25) is 5.10 Å². The van der Waals surface area contributed by atoms with Crippen molar-refractivity contribution in [3.05, 3.63) is 47.5 Å². The van der Waals surface area contributed by atoms with Crippen LogP contribution in [0.1, 0.15) is 41.8 Å². The van der Waals surface area contributed by atoms with Gasteiger partial charge < -0.3 is 4.74 Å². The van der Waals surface area contributed by atoms with Crippen molar-refractivity contribution >= 4 is 5.97 Å². The molecule has 1 aromatic heterocycles. The fourth-order valence-corrected chi connectivity index (χ4v) is 1.65. The third kappa shape index (κ3) is 2.56. The molecule has 1 aromatic carbocycles. The molecule has 2 aromatic rings. The minimum atomic E-state index is -0.500. The Bertz CT molecular complexity index is 522. The Kier molecular flexibility index (Phi) is 3.72. The van der Waals surface area contributed by atoms with E-state index in [1.54, 1.807) is 6.92 Å². The molecule has 0 spiro atoms. The first-order chi connectivity index (χ1) is 8.72. The highest BCUT2D eigenvalue weighted by Gasteiger charge is 2.17. The van der Waals surface area contributed by atoms with Crippen LogP contribution in [-0.4, -0.2) is 27.8 Å². The highest BCUT2D eigenvalue weighted by atomic mass is 16.5. The first kappa shape index (κ1) is 12.3. The van der Waals surface area contributed by atoms with Crippen LogP contribution in [0.15, 0.2) is 30.3 Å². The van der Waals surface area contributed by atoms with Crippen LogP contribution >= 0.6 is 0 Å². The van der Waals surface area contributed by atoms with Crippen LogP contribution in [0.3, 0.4) is 0 Å². The van der Waals surface area contributed by atoms with Gasteiger partial charge in [0.05, 0.1) is 6.61 Å². The van der Waals surface area contributed by atoms with Crippen molar-refractivity contribution in [1.29, 1.82) is 0 Å². The summed E-state index contributed by atoms with van der Waals surface area (Å²) in [6.07, 6.45) is 0. The van der Waals surface area contributed by atoms with E-state index in [4.69, 9.17) is 4.74 Å². The van der Waals surface area contributed by atoms with Crippen LogP contribution in [0.4, 0.5) is 0 Å². The topological polar surface area (TPSA) is 67.9 Å². The molecule has 0 saturated carbocycles. The number of aromatic nitrogens is 3. The van der Waals surface area contributed by atoms with E-state index in [1.807, 2.05) is 37.3 Å². The molecule has 0 aliphatic carbocycles. The van der Waals surface area contributed by atoms with Gasteiger partial charge in [-0.15, -0.1) is 5.10 Å². The Hall–Kier alpha value is -2.17. The zero-order chi connectivity index (χ0) is 13.0. The average molecular weight is 245 g/mol. The molecule has 94 valence electrons. The number of H-pyrrole nitrogens is 1. The number of hydrogen-bond donors (Lipinski definition) is 1. The summed E-state index contributed by atoms with van der Waals surface area (Å²) in [6, 6.07) is 9.91. The van der Waals surface area contributed by atoms with Crippen molar-refractivity contribution in [3.63, 3.8) is 0 Å². The van der Waals surface area contributed by atoms with E-state index in [9.17, 15) is 4.79 Å². The zero-order valence-electron chi connectivity index (χ0n) is 10.4. The SMILES string of the molecule is CCOC(=O)c1n[nH]c(C(C)c2ccccc2)n1. The maximum atomic E-state index is 11.4. The zero-order valence-corrected chi connectivity index (χ0v) is 10.4. The van der Waals surface area contributed by atoms with Crippen molar-refractivity contribution in [3.8, 4) is 0 Å². The number of nitrogens with one attached hydrogen (secondary N) is 1. The largest absolute Gasteiger partial charge is 0.460 e. The third-order valence-corrected chi connectivity index (χ3v) is 2.67. The number of ether oxygens (including phenoxy) is 1. The van der Waals surface area contributed by atoms with E-state index >= 15 is 0 Å². The molecule has 1 N–H and O–H groups in total. The number of aromatic amines is 1. The van der Waals surface area contributed by atoms with Crippen LogP contribution in [0.5, 0.6) is 0 Å². The van der Waals surface area contributed by atoms with Gasteiger partial charge in [0, 0.05) is 5.92 Å². The summed E-state index contributed by atoms with van der Waals surface area (Å²) in [7, 11) is 0. The molecule has 5 heteroatoms. The maximum absolute atomic E-state index is 11.4. The first-order valence-electron chi connectivity index (χ1n) is 5.86. The average Bonchev–Trinajstić information content (AvgIpc) is 2.89. The van der Waals surface area contributed by atoms with E-state index < -0.39 is 5.97 Å². The molecule has 0 radical (unpaired) electrons. The van der Waals surface area contributed by atoms with Crippen molar-refractivity contribution in [2.75, 3.05) is 6.61 Å². The number of nitrogens with zero attached hydrogens (tertiary/aromatic N) is 2. The lowest BCUT2D eigenvalue weighted by Gasteiger charge is -2.07. The minimum Gasteiger partial charge on any atom is -0.460 e. The van der Waals surface area contributed by atoms with E-state index in [0.717, 1.165) is 5.56 Å². The van der Waals surface area contributed by atoms with Gasteiger partial charge in [-0.25, -0.2) is 9.78 Å². The quantitative estimate of drug-likeness (QED) is 0.838. The summed E-state index contributed by atoms with van der Waals surface area (Å²) in [4.78, 5) is 15.6. The van der Waals surface area contributed by atoms with E-state index in [-0.39, 0.29) is 11.7 Å². The molecule has 0 aliphatic heterocycles. The molecule has 18 heavy (non-hydrogen) atoms. The first-order valence-corrected chi connectivity index (χ1v) is 5.86. The Labute approximate surface area is 105 Å². The lowest BCUT2D eigenvalue weighted by molar-refractivity contribution is 0.0512. The van der Waals surface area contributed by atoms with Crippen LogP contribution in [0.2, 0.25) is 0 Å². The molecule has 5 nitrogen and oxygen atoms in total. The van der Waals surface area contributed by atoms with Crippen LogP contribution in [0, 0.1) is 0 Å². The smallest absolute Gasteiger partial charge is 0.378 e. The molecule has 0 aliphatic rings. The molecule has 1 unspecified atom stereocenters. The molecule has 0 fully saturated rings. The van der Waals surface area contributed by atoms with Crippen LogP contribution < -0.4 is 0 Å². The lowest BCUT2D eigenvalue weighted by Crippen LogP contribution is -2.07. The molecule has 0 saturated heterocycles. The molecule has 1 atom stereocenters. The fraction of sp³-hybridized carbons (Fsp3) is 0.308. The molecule has 0 bridgehead atoms. The standard InChI is InChI=1S/C13H15N3O2/c1-3-18-13(17)12-14-11(15-16-12)9(2)10-7-5-4-6-8-10/h4-9H,3H2,1-2H3,(H,14,15,16). The monoisotopic (exact) mass is 245 g/mol. The predicted molar refractivity (Wildman–Crippen MR) is 66.3 cm³/mol. The minimum absolute atomic E-state index is 0.0573. The van der Waals surface area contributed by atoms with Crippen LogP contribution in [0.25, 0.3) is 0 Å². The second kappa shape index (κ2) is 5.44.